The van der Waals surface area contributed by atoms with Gasteiger partial charge in [0.05, 0.1) is 17.2 Å². The van der Waals surface area contributed by atoms with E-state index in [1.165, 1.54) is 0 Å². The van der Waals surface area contributed by atoms with Crippen LogP contribution in [0, 0.1) is 6.92 Å². The highest BCUT2D eigenvalue weighted by Gasteiger charge is 2.46. The number of benzene rings is 2. The van der Waals surface area contributed by atoms with Gasteiger partial charge in [0.2, 0.25) is 5.91 Å². The summed E-state index contributed by atoms with van der Waals surface area (Å²) in [7, 11) is 0. The Kier molecular flexibility index (Phi) is 8.42. The third kappa shape index (κ3) is 6.00. The molecule has 0 saturated carbocycles. The molecule has 6 rings (SSSR count). The lowest BCUT2D eigenvalue weighted by Gasteiger charge is -2.43. The number of esters is 1. The summed E-state index contributed by atoms with van der Waals surface area (Å²) in [6.07, 6.45) is 3.80. The van der Waals surface area contributed by atoms with Gasteiger partial charge in [0, 0.05) is 48.3 Å². The molecule has 1 aromatic heterocycles. The van der Waals surface area contributed by atoms with Crippen molar-refractivity contribution in [3.05, 3.63) is 87.8 Å². The minimum atomic E-state index is -0.409. The van der Waals surface area contributed by atoms with Gasteiger partial charge in [-0.25, -0.2) is 14.8 Å². The zero-order chi connectivity index (χ0) is 30.2. The topological polar surface area (TPSA) is 87.7 Å². The smallest absolute Gasteiger partial charge is 0.338 e. The first kappa shape index (κ1) is 29.6. The Morgan fingerprint density at radius 3 is 2.35 bits per heavy atom. The molecule has 226 valence electrons. The first-order valence-corrected chi connectivity index (χ1v) is 15.8. The summed E-state index contributed by atoms with van der Waals surface area (Å²) in [4.78, 5) is 41.0. The summed E-state index contributed by atoms with van der Waals surface area (Å²) >= 11 is 6.17. The van der Waals surface area contributed by atoms with Gasteiger partial charge in [-0.1, -0.05) is 62.2 Å². The lowest BCUT2D eigenvalue weighted by atomic mass is 9.95. The van der Waals surface area contributed by atoms with E-state index < -0.39 is 6.10 Å². The van der Waals surface area contributed by atoms with E-state index in [2.05, 4.69) is 40.9 Å². The van der Waals surface area contributed by atoms with Crippen molar-refractivity contribution in [1.29, 1.82) is 0 Å². The lowest BCUT2D eigenvalue weighted by molar-refractivity contribution is -0.136. The summed E-state index contributed by atoms with van der Waals surface area (Å²) in [5, 5.41) is 4.15. The molecule has 8 nitrogen and oxygen atoms in total. The predicted molar refractivity (Wildman–Crippen MR) is 168 cm³/mol. The predicted octanol–water partition coefficient (Wildman–Crippen LogP) is 5.81. The van der Waals surface area contributed by atoms with Crippen molar-refractivity contribution in [2.75, 3.05) is 24.5 Å². The van der Waals surface area contributed by atoms with Crippen LogP contribution in [0.4, 0.5) is 5.82 Å². The van der Waals surface area contributed by atoms with Gasteiger partial charge in [-0.2, -0.15) is 0 Å². The van der Waals surface area contributed by atoms with Gasteiger partial charge >= 0.3 is 5.97 Å². The maximum absolute atomic E-state index is 14.2. The van der Waals surface area contributed by atoms with Gasteiger partial charge in [0.15, 0.2) is 0 Å². The van der Waals surface area contributed by atoms with Crippen LogP contribution in [0.2, 0.25) is 5.02 Å². The van der Waals surface area contributed by atoms with Gasteiger partial charge in [-0.05, 0) is 61.9 Å². The molecule has 0 spiro atoms. The maximum atomic E-state index is 14.2. The Balaban J connectivity index is 1.20. The summed E-state index contributed by atoms with van der Waals surface area (Å²) in [5.41, 5.74) is 4.48. The van der Waals surface area contributed by atoms with Crippen LogP contribution in [-0.2, 0) is 9.53 Å². The number of hydrogen-bond acceptors (Lipinski definition) is 7. The normalized spacial score (nSPS) is 23.4. The number of piperazine rings is 1. The molecule has 43 heavy (non-hydrogen) atoms. The highest BCUT2D eigenvalue weighted by atomic mass is 35.5. The van der Waals surface area contributed by atoms with Crippen molar-refractivity contribution in [2.45, 2.75) is 83.0 Å². The summed E-state index contributed by atoms with van der Waals surface area (Å²) in [5.74, 6) is 0.619. The van der Waals surface area contributed by atoms with Gasteiger partial charge < -0.3 is 19.9 Å². The Hall–Kier alpha value is -3.49. The maximum Gasteiger partial charge on any atom is 0.338 e. The van der Waals surface area contributed by atoms with E-state index in [1.807, 2.05) is 43.3 Å². The number of rotatable bonds is 8. The number of hydrogen-bond donors (Lipinski definition) is 1. The van der Waals surface area contributed by atoms with Gasteiger partial charge in [0.25, 0.3) is 0 Å². The van der Waals surface area contributed by atoms with Crippen LogP contribution in [0.25, 0.3) is 0 Å². The summed E-state index contributed by atoms with van der Waals surface area (Å²) in [6, 6.07) is 15.6. The van der Waals surface area contributed by atoms with E-state index in [-0.39, 0.29) is 41.8 Å². The molecule has 3 heterocycles. The molecule has 2 unspecified atom stereocenters. The number of carbonyl (C=O) groups excluding carboxylic acids is 2. The zero-order valence-corrected chi connectivity index (χ0v) is 26.1. The third-order valence-electron chi connectivity index (χ3n) is 9.13. The number of anilines is 1. The van der Waals surface area contributed by atoms with Crippen LogP contribution in [-0.4, -0.2) is 64.5 Å². The van der Waals surface area contributed by atoms with Gasteiger partial charge in [0.1, 0.15) is 18.2 Å². The Labute approximate surface area is 258 Å². The van der Waals surface area contributed by atoms with Crippen LogP contribution in [0.5, 0.6) is 0 Å². The molecule has 1 aliphatic carbocycles. The van der Waals surface area contributed by atoms with Crippen LogP contribution in [0.1, 0.15) is 90.7 Å². The Bertz CT molecular complexity index is 1460. The minimum Gasteiger partial charge on any atom is -0.452 e. The average Bonchev–Trinajstić information content (AvgIpc) is 3.45. The largest absolute Gasteiger partial charge is 0.452 e. The molecule has 2 bridgehead atoms. The van der Waals surface area contributed by atoms with Crippen molar-refractivity contribution in [1.82, 2.24) is 20.2 Å². The van der Waals surface area contributed by atoms with E-state index in [9.17, 15) is 9.59 Å². The van der Waals surface area contributed by atoms with Crippen molar-refractivity contribution < 1.29 is 14.3 Å². The molecule has 2 saturated heterocycles. The first-order valence-electron chi connectivity index (χ1n) is 15.4. The number of aromatic nitrogens is 2. The standard InChI is InChI=1S/C34H40ClN5O3/c1-20(2)36-16-28(23-9-11-25(35)12-10-23)33(41)40-26-13-14-27(40)18-39(17-26)32-30-22(4)15-29(31(30)37-19-38-32)43-34(42)24-7-5-21(3)6-8-24/h5-12,19-20,22,26-29,36H,13-18H2,1-4H3/t22-,26?,27?,28-,29-/m1/s1. The molecule has 2 fully saturated rings. The SMILES string of the molecule is Cc1ccc(C(=O)O[C@@H]2C[C@@H](C)c3c2ncnc3N2CC3CCC(C2)N3C(=O)[C@H](CNC(C)C)c2ccc(Cl)cc2)cc1. The Morgan fingerprint density at radius 2 is 1.70 bits per heavy atom. The lowest BCUT2D eigenvalue weighted by Crippen LogP contribution is -2.58. The van der Waals surface area contributed by atoms with Gasteiger partial charge in [-0.15, -0.1) is 0 Å². The second kappa shape index (κ2) is 12.2. The van der Waals surface area contributed by atoms with Crippen molar-refractivity contribution in [2.24, 2.45) is 0 Å². The summed E-state index contributed by atoms with van der Waals surface area (Å²) in [6.45, 7) is 10.4. The van der Waals surface area contributed by atoms with E-state index in [4.69, 9.17) is 21.3 Å². The molecular formula is C34H40ClN5O3. The number of nitrogens with one attached hydrogen (secondary N) is 1. The number of carbonyl (C=O) groups is 2. The van der Waals surface area contributed by atoms with E-state index >= 15 is 0 Å². The fourth-order valence-electron chi connectivity index (χ4n) is 6.93. The number of ether oxygens (including phenoxy) is 1. The number of amides is 1. The van der Waals surface area contributed by atoms with Gasteiger partial charge in [-0.3, -0.25) is 4.79 Å². The first-order chi connectivity index (χ1) is 20.7. The number of nitrogens with zero attached hydrogens (tertiary/aromatic N) is 4. The molecule has 2 aromatic carbocycles. The van der Waals surface area contributed by atoms with Crippen molar-refractivity contribution in [3.8, 4) is 0 Å². The van der Waals surface area contributed by atoms with E-state index in [0.717, 1.165) is 54.1 Å². The highest BCUT2D eigenvalue weighted by molar-refractivity contribution is 6.30. The van der Waals surface area contributed by atoms with Crippen molar-refractivity contribution >= 4 is 29.3 Å². The van der Waals surface area contributed by atoms with Crippen LogP contribution < -0.4 is 10.2 Å². The minimum absolute atomic E-state index is 0.109. The fraction of sp³-hybridized carbons (Fsp3) is 0.471. The fourth-order valence-corrected chi connectivity index (χ4v) is 7.06. The number of halogens is 1. The molecule has 0 radical (unpaired) electrons. The molecular weight excluding hydrogens is 562 g/mol. The molecule has 3 aliphatic rings. The second-order valence-electron chi connectivity index (χ2n) is 12.6. The monoisotopic (exact) mass is 601 g/mol. The molecule has 1 amide bonds. The molecule has 9 heteroatoms. The Morgan fingerprint density at radius 1 is 1.02 bits per heavy atom. The highest BCUT2D eigenvalue weighted by Crippen LogP contribution is 2.46. The molecule has 2 aliphatic heterocycles. The van der Waals surface area contributed by atoms with E-state index in [0.29, 0.717) is 23.6 Å². The van der Waals surface area contributed by atoms with Crippen molar-refractivity contribution in [3.63, 3.8) is 0 Å². The zero-order valence-electron chi connectivity index (χ0n) is 25.3. The second-order valence-corrected chi connectivity index (χ2v) is 13.0. The quantitative estimate of drug-likeness (QED) is 0.326. The van der Waals surface area contributed by atoms with Crippen LogP contribution in [0.3, 0.4) is 0 Å². The molecule has 3 aromatic rings. The third-order valence-corrected chi connectivity index (χ3v) is 9.38. The average molecular weight is 602 g/mol. The summed E-state index contributed by atoms with van der Waals surface area (Å²) < 4.78 is 5.98. The van der Waals surface area contributed by atoms with Crippen LogP contribution in [0.15, 0.2) is 54.9 Å². The van der Waals surface area contributed by atoms with Crippen LogP contribution >= 0.6 is 11.6 Å². The molecule has 1 N–H and O–H groups in total. The van der Waals surface area contributed by atoms with E-state index in [1.54, 1.807) is 18.5 Å². The molecule has 5 atom stereocenters. The number of aryl methyl sites for hydroxylation is 1. The number of fused-ring (bicyclic) bond motifs is 3.